The van der Waals surface area contributed by atoms with Gasteiger partial charge in [-0.2, -0.15) is 4.31 Å². The fourth-order valence-electron chi connectivity index (χ4n) is 3.30. The molecule has 1 fully saturated rings. The third-order valence-electron chi connectivity index (χ3n) is 4.83. The molecule has 0 N–H and O–H groups in total. The van der Waals surface area contributed by atoms with Crippen molar-refractivity contribution < 1.29 is 12.9 Å². The molecule has 4 rings (SSSR count). The van der Waals surface area contributed by atoms with Crippen LogP contribution in [-0.4, -0.2) is 44.1 Å². The van der Waals surface area contributed by atoms with E-state index in [0.717, 1.165) is 22.5 Å². The summed E-state index contributed by atoms with van der Waals surface area (Å²) in [6.07, 6.45) is 0. The summed E-state index contributed by atoms with van der Waals surface area (Å²) in [7, 11) is -3.53. The minimum Gasteiger partial charge on any atom is -0.369 e. The van der Waals surface area contributed by atoms with E-state index in [0.29, 0.717) is 41.2 Å². The normalized spacial score (nSPS) is 15.9. The summed E-state index contributed by atoms with van der Waals surface area (Å²) in [5.74, 6) is 0.580. The highest BCUT2D eigenvalue weighted by Crippen LogP contribution is 2.32. The van der Waals surface area contributed by atoms with Crippen LogP contribution < -0.4 is 4.90 Å². The van der Waals surface area contributed by atoms with Gasteiger partial charge in [0.1, 0.15) is 4.21 Å². The monoisotopic (exact) mass is 437 g/mol. The van der Waals surface area contributed by atoms with Crippen molar-refractivity contribution in [2.45, 2.75) is 18.1 Å². The van der Waals surface area contributed by atoms with Crippen LogP contribution in [0.3, 0.4) is 0 Å². The summed E-state index contributed by atoms with van der Waals surface area (Å²) in [5.41, 5.74) is 3.69. The van der Waals surface area contributed by atoms with E-state index in [9.17, 15) is 8.42 Å². The number of hydrogen-bond acceptors (Lipinski definition) is 6. The number of hydrogen-bond donors (Lipinski definition) is 0. The number of aryl methyl sites for hydroxylation is 2. The van der Waals surface area contributed by atoms with Crippen LogP contribution in [0, 0.1) is 13.8 Å². The SMILES string of the molecule is Cc1cc(-c2csc(S(=O)(=O)N3CCN(c4cc(Cl)ccc4C)CC3)c2)on1. The third kappa shape index (κ3) is 3.69. The molecule has 2 aromatic heterocycles. The molecule has 28 heavy (non-hydrogen) atoms. The Balaban J connectivity index is 1.49. The minimum absolute atomic E-state index is 0.323. The summed E-state index contributed by atoms with van der Waals surface area (Å²) >= 11 is 7.34. The van der Waals surface area contributed by atoms with Gasteiger partial charge in [0, 0.05) is 53.9 Å². The van der Waals surface area contributed by atoms with E-state index in [2.05, 4.69) is 10.1 Å². The number of benzene rings is 1. The number of sulfonamides is 1. The topological polar surface area (TPSA) is 66.7 Å². The standard InChI is InChI=1S/C19H20ClN3O3S2/c1-13-3-4-16(20)11-17(13)22-5-7-23(8-6-22)28(24,25)19-10-15(12-27-19)18-9-14(2)21-26-18/h3-4,9-12H,5-8H2,1-2H3. The van der Waals surface area contributed by atoms with Crippen molar-refractivity contribution in [1.29, 1.82) is 0 Å². The minimum atomic E-state index is -3.53. The molecule has 1 aromatic carbocycles. The Bertz CT molecular complexity index is 1100. The summed E-state index contributed by atoms with van der Waals surface area (Å²) < 4.78 is 33.2. The lowest BCUT2D eigenvalue weighted by Gasteiger charge is -2.36. The first kappa shape index (κ1) is 19.4. The predicted molar refractivity (Wildman–Crippen MR) is 112 cm³/mol. The zero-order valence-corrected chi connectivity index (χ0v) is 17.9. The van der Waals surface area contributed by atoms with E-state index < -0.39 is 10.0 Å². The fraction of sp³-hybridized carbons (Fsp3) is 0.316. The molecule has 0 amide bonds. The lowest BCUT2D eigenvalue weighted by Crippen LogP contribution is -2.48. The quantitative estimate of drug-likeness (QED) is 0.612. The Morgan fingerprint density at radius 1 is 1.11 bits per heavy atom. The second-order valence-electron chi connectivity index (χ2n) is 6.81. The van der Waals surface area contributed by atoms with E-state index in [1.165, 1.54) is 11.3 Å². The molecule has 3 heterocycles. The van der Waals surface area contributed by atoms with Crippen LogP contribution in [-0.2, 0) is 10.0 Å². The van der Waals surface area contributed by atoms with Crippen molar-refractivity contribution in [3.63, 3.8) is 0 Å². The summed E-state index contributed by atoms with van der Waals surface area (Å²) in [5, 5.41) is 6.33. The van der Waals surface area contributed by atoms with Gasteiger partial charge in [-0.05, 0) is 37.6 Å². The maximum Gasteiger partial charge on any atom is 0.252 e. The first-order chi connectivity index (χ1) is 13.3. The van der Waals surface area contributed by atoms with Gasteiger partial charge in [-0.25, -0.2) is 8.42 Å². The zero-order valence-electron chi connectivity index (χ0n) is 15.6. The Morgan fingerprint density at radius 2 is 1.86 bits per heavy atom. The molecule has 3 aromatic rings. The van der Waals surface area contributed by atoms with Gasteiger partial charge in [0.25, 0.3) is 10.0 Å². The van der Waals surface area contributed by atoms with Crippen LogP contribution in [0.2, 0.25) is 5.02 Å². The molecule has 0 unspecified atom stereocenters. The average Bonchev–Trinajstić information content (AvgIpc) is 3.33. The Hall–Kier alpha value is -1.87. The van der Waals surface area contributed by atoms with E-state index in [4.69, 9.17) is 16.1 Å². The van der Waals surface area contributed by atoms with Crippen molar-refractivity contribution in [2.24, 2.45) is 0 Å². The van der Waals surface area contributed by atoms with Gasteiger partial charge < -0.3 is 9.42 Å². The van der Waals surface area contributed by atoms with Gasteiger partial charge in [-0.3, -0.25) is 0 Å². The number of halogens is 1. The van der Waals surface area contributed by atoms with Gasteiger partial charge in [0.15, 0.2) is 5.76 Å². The predicted octanol–water partition coefficient (Wildman–Crippen LogP) is 4.18. The van der Waals surface area contributed by atoms with Crippen LogP contribution in [0.1, 0.15) is 11.3 Å². The van der Waals surface area contributed by atoms with Crippen molar-refractivity contribution in [3.05, 3.63) is 52.0 Å². The van der Waals surface area contributed by atoms with Crippen LogP contribution in [0.5, 0.6) is 0 Å². The van der Waals surface area contributed by atoms with E-state index in [-0.39, 0.29) is 0 Å². The molecule has 1 aliphatic heterocycles. The highest BCUT2D eigenvalue weighted by atomic mass is 35.5. The molecule has 6 nitrogen and oxygen atoms in total. The number of piperazine rings is 1. The molecular weight excluding hydrogens is 418 g/mol. The summed E-state index contributed by atoms with van der Waals surface area (Å²) in [4.78, 5) is 2.18. The van der Waals surface area contributed by atoms with Gasteiger partial charge >= 0.3 is 0 Å². The molecule has 0 saturated carbocycles. The largest absolute Gasteiger partial charge is 0.369 e. The van der Waals surface area contributed by atoms with E-state index >= 15 is 0 Å². The summed E-state index contributed by atoms with van der Waals surface area (Å²) in [6.45, 7) is 5.98. The second-order valence-corrected chi connectivity index (χ2v) is 10.3. The molecule has 1 aliphatic rings. The van der Waals surface area contributed by atoms with Crippen molar-refractivity contribution >= 4 is 38.6 Å². The first-order valence-corrected chi connectivity index (χ1v) is 11.6. The number of aromatic nitrogens is 1. The maximum atomic E-state index is 13.1. The molecule has 0 spiro atoms. The highest BCUT2D eigenvalue weighted by Gasteiger charge is 2.30. The fourth-order valence-corrected chi connectivity index (χ4v) is 6.21. The Labute approximate surface area is 173 Å². The van der Waals surface area contributed by atoms with Gasteiger partial charge in [-0.15, -0.1) is 11.3 Å². The molecule has 0 bridgehead atoms. The van der Waals surface area contributed by atoms with Gasteiger partial charge in [0.2, 0.25) is 0 Å². The van der Waals surface area contributed by atoms with Crippen molar-refractivity contribution in [1.82, 2.24) is 9.46 Å². The lowest BCUT2D eigenvalue weighted by atomic mass is 10.1. The summed E-state index contributed by atoms with van der Waals surface area (Å²) in [6, 6.07) is 9.24. The second kappa shape index (κ2) is 7.51. The van der Waals surface area contributed by atoms with Crippen molar-refractivity contribution in [3.8, 4) is 11.3 Å². The van der Waals surface area contributed by atoms with E-state index in [1.807, 2.05) is 32.0 Å². The molecule has 0 radical (unpaired) electrons. The molecule has 148 valence electrons. The molecule has 0 atom stereocenters. The first-order valence-electron chi connectivity index (χ1n) is 8.88. The molecule has 1 saturated heterocycles. The van der Waals surface area contributed by atoms with Gasteiger partial charge in [-0.1, -0.05) is 22.8 Å². The van der Waals surface area contributed by atoms with E-state index in [1.54, 1.807) is 21.8 Å². The highest BCUT2D eigenvalue weighted by molar-refractivity contribution is 7.91. The molecule has 0 aliphatic carbocycles. The smallest absolute Gasteiger partial charge is 0.252 e. The van der Waals surface area contributed by atoms with Crippen LogP contribution >= 0.6 is 22.9 Å². The maximum absolute atomic E-state index is 13.1. The Morgan fingerprint density at radius 3 is 2.54 bits per heavy atom. The van der Waals surface area contributed by atoms with Crippen LogP contribution in [0.25, 0.3) is 11.3 Å². The zero-order chi connectivity index (χ0) is 19.9. The van der Waals surface area contributed by atoms with Crippen LogP contribution in [0.15, 0.2) is 44.4 Å². The van der Waals surface area contributed by atoms with Gasteiger partial charge in [0.05, 0.1) is 5.69 Å². The number of nitrogens with zero attached hydrogens (tertiary/aromatic N) is 3. The molecule has 9 heteroatoms. The number of thiophene rings is 1. The van der Waals surface area contributed by atoms with Crippen LogP contribution in [0.4, 0.5) is 5.69 Å². The Kier molecular flexibility index (Phi) is 5.22. The average molecular weight is 438 g/mol. The third-order valence-corrected chi connectivity index (χ3v) is 8.38. The lowest BCUT2D eigenvalue weighted by molar-refractivity contribution is 0.385. The number of anilines is 1. The number of rotatable bonds is 4. The van der Waals surface area contributed by atoms with Crippen molar-refractivity contribution in [2.75, 3.05) is 31.1 Å². The molecular formula is C19H20ClN3O3S2.